The largest absolute Gasteiger partial charge is 0.368 e. The fourth-order valence-corrected chi connectivity index (χ4v) is 2.39. The van der Waals surface area contributed by atoms with Crippen LogP contribution in [0.5, 0.6) is 0 Å². The minimum Gasteiger partial charge on any atom is -0.368 e. The second-order valence-corrected chi connectivity index (χ2v) is 4.58. The first kappa shape index (κ1) is 12.8. The molecule has 1 amide bonds. The minimum atomic E-state index is -0.235. The van der Waals surface area contributed by atoms with Gasteiger partial charge in [-0.3, -0.25) is 9.69 Å². The number of hydrogen-bond donors (Lipinski definition) is 3. The van der Waals surface area contributed by atoms with Crippen molar-refractivity contribution in [3.05, 3.63) is 23.9 Å². The highest BCUT2D eigenvalue weighted by Crippen LogP contribution is 2.19. The van der Waals surface area contributed by atoms with Gasteiger partial charge in [-0.1, -0.05) is 6.42 Å². The van der Waals surface area contributed by atoms with E-state index in [-0.39, 0.29) is 11.9 Å². The van der Waals surface area contributed by atoms with Gasteiger partial charge >= 0.3 is 0 Å². The first-order valence-corrected chi connectivity index (χ1v) is 6.15. The Bertz CT molecular complexity index is 423. The van der Waals surface area contributed by atoms with Gasteiger partial charge in [-0.2, -0.15) is 0 Å². The molecule has 5 N–H and O–H groups in total. The summed E-state index contributed by atoms with van der Waals surface area (Å²) in [6, 6.07) is 3.65. The summed E-state index contributed by atoms with van der Waals surface area (Å²) in [6.07, 6.45) is 4.73. The number of pyridine rings is 1. The molecule has 0 aliphatic carbocycles. The number of nitrogen functional groups attached to an aromatic ring is 1. The molecular formula is C12H19N5O. The number of hydrazine groups is 1. The SMILES string of the molecule is NNc1cc(CN2CCCCC2C(N)=O)ccn1. The maximum absolute atomic E-state index is 11.4. The average molecular weight is 249 g/mol. The third-order valence-corrected chi connectivity index (χ3v) is 3.30. The molecule has 1 aromatic heterocycles. The van der Waals surface area contributed by atoms with Gasteiger partial charge in [0.05, 0.1) is 6.04 Å². The summed E-state index contributed by atoms with van der Waals surface area (Å²) >= 11 is 0. The number of hydrogen-bond acceptors (Lipinski definition) is 5. The van der Waals surface area contributed by atoms with Gasteiger partial charge < -0.3 is 11.2 Å². The van der Waals surface area contributed by atoms with Gasteiger partial charge in [0.1, 0.15) is 5.82 Å². The van der Waals surface area contributed by atoms with Crippen LogP contribution >= 0.6 is 0 Å². The highest BCUT2D eigenvalue weighted by atomic mass is 16.1. The Kier molecular flexibility index (Phi) is 4.11. The van der Waals surface area contributed by atoms with Crippen molar-refractivity contribution in [3.63, 3.8) is 0 Å². The van der Waals surface area contributed by atoms with Gasteiger partial charge in [-0.15, -0.1) is 0 Å². The van der Waals surface area contributed by atoms with Gasteiger partial charge in [0.2, 0.25) is 5.91 Å². The number of nitrogens with zero attached hydrogens (tertiary/aromatic N) is 2. The zero-order valence-corrected chi connectivity index (χ0v) is 10.3. The molecule has 1 saturated heterocycles. The van der Waals surface area contributed by atoms with Crippen LogP contribution in [0.4, 0.5) is 5.82 Å². The van der Waals surface area contributed by atoms with E-state index in [1.165, 1.54) is 0 Å². The first-order valence-electron chi connectivity index (χ1n) is 6.15. The molecule has 0 bridgehead atoms. The monoisotopic (exact) mass is 249 g/mol. The van der Waals surface area contributed by atoms with E-state index >= 15 is 0 Å². The molecule has 2 heterocycles. The molecule has 1 aromatic rings. The topological polar surface area (TPSA) is 97.3 Å². The third-order valence-electron chi connectivity index (χ3n) is 3.30. The van der Waals surface area contributed by atoms with E-state index < -0.39 is 0 Å². The van der Waals surface area contributed by atoms with E-state index in [2.05, 4.69) is 15.3 Å². The van der Waals surface area contributed by atoms with E-state index in [1.807, 2.05) is 12.1 Å². The lowest BCUT2D eigenvalue weighted by Gasteiger charge is -2.33. The highest BCUT2D eigenvalue weighted by molar-refractivity contribution is 5.79. The minimum absolute atomic E-state index is 0.152. The van der Waals surface area contributed by atoms with Gasteiger partial charge in [0.25, 0.3) is 0 Å². The fourth-order valence-electron chi connectivity index (χ4n) is 2.39. The lowest BCUT2D eigenvalue weighted by atomic mass is 10.0. The fraction of sp³-hybridized carbons (Fsp3) is 0.500. The number of aromatic nitrogens is 1. The zero-order valence-electron chi connectivity index (χ0n) is 10.3. The molecule has 6 nitrogen and oxygen atoms in total. The number of nitrogens with one attached hydrogen (secondary N) is 1. The van der Waals surface area contributed by atoms with Crippen molar-refractivity contribution in [2.45, 2.75) is 31.8 Å². The zero-order chi connectivity index (χ0) is 13.0. The van der Waals surface area contributed by atoms with Crippen molar-refractivity contribution in [1.29, 1.82) is 0 Å². The number of rotatable bonds is 4. The molecule has 0 aromatic carbocycles. The Hall–Kier alpha value is -1.66. The van der Waals surface area contributed by atoms with Gasteiger partial charge in [-0.25, -0.2) is 10.8 Å². The van der Waals surface area contributed by atoms with E-state index in [9.17, 15) is 4.79 Å². The van der Waals surface area contributed by atoms with E-state index in [0.717, 1.165) is 31.4 Å². The van der Waals surface area contributed by atoms with Gasteiger partial charge in [0.15, 0.2) is 0 Å². The number of anilines is 1. The quantitative estimate of drug-likeness (QED) is 0.523. The van der Waals surface area contributed by atoms with E-state index in [4.69, 9.17) is 11.6 Å². The lowest BCUT2D eigenvalue weighted by molar-refractivity contribution is -0.124. The average Bonchev–Trinajstić information content (AvgIpc) is 2.39. The Morgan fingerprint density at radius 3 is 3.11 bits per heavy atom. The molecule has 1 atom stereocenters. The molecule has 98 valence electrons. The molecule has 1 fully saturated rings. The maximum Gasteiger partial charge on any atom is 0.234 e. The van der Waals surface area contributed by atoms with Crippen molar-refractivity contribution < 1.29 is 4.79 Å². The standard InChI is InChI=1S/C12H19N5O/c13-12(18)10-3-1-2-6-17(10)8-9-4-5-15-11(7-9)16-14/h4-5,7,10H,1-3,6,8,14H2,(H2,13,18)(H,15,16). The first-order chi connectivity index (χ1) is 8.70. The Balaban J connectivity index is 2.08. The van der Waals surface area contributed by atoms with Crippen LogP contribution in [0.15, 0.2) is 18.3 Å². The lowest BCUT2D eigenvalue weighted by Crippen LogP contribution is -2.47. The summed E-state index contributed by atoms with van der Waals surface area (Å²) in [6.45, 7) is 1.60. The second kappa shape index (κ2) is 5.79. The van der Waals surface area contributed by atoms with Gasteiger partial charge in [-0.05, 0) is 37.1 Å². The molecule has 6 heteroatoms. The summed E-state index contributed by atoms with van der Waals surface area (Å²) < 4.78 is 0. The number of nitrogens with two attached hydrogens (primary N) is 2. The molecule has 0 radical (unpaired) electrons. The number of primary amides is 1. The summed E-state index contributed by atoms with van der Waals surface area (Å²) in [7, 11) is 0. The Labute approximate surface area is 106 Å². The van der Waals surface area contributed by atoms with E-state index in [1.54, 1.807) is 6.20 Å². The number of likely N-dealkylation sites (tertiary alicyclic amines) is 1. The van der Waals surface area contributed by atoms with Crippen LogP contribution in [-0.4, -0.2) is 28.4 Å². The molecule has 2 rings (SSSR count). The molecule has 0 saturated carbocycles. The maximum atomic E-state index is 11.4. The molecule has 1 aliphatic heterocycles. The second-order valence-electron chi connectivity index (χ2n) is 4.58. The summed E-state index contributed by atoms with van der Waals surface area (Å²) in [5, 5.41) is 0. The molecule has 0 spiro atoms. The Morgan fingerprint density at radius 1 is 1.56 bits per heavy atom. The van der Waals surface area contributed by atoms with Crippen LogP contribution in [0.1, 0.15) is 24.8 Å². The molecule has 1 unspecified atom stereocenters. The van der Waals surface area contributed by atoms with Gasteiger partial charge in [0, 0.05) is 12.7 Å². The Morgan fingerprint density at radius 2 is 2.39 bits per heavy atom. The number of carbonyl (C=O) groups excluding carboxylic acids is 1. The van der Waals surface area contributed by atoms with Crippen LogP contribution in [0.25, 0.3) is 0 Å². The van der Waals surface area contributed by atoms with Crippen molar-refractivity contribution in [2.24, 2.45) is 11.6 Å². The predicted octanol–water partition coefficient (Wildman–Crippen LogP) is 0.207. The number of carbonyl (C=O) groups is 1. The predicted molar refractivity (Wildman–Crippen MR) is 69.3 cm³/mol. The van der Waals surface area contributed by atoms with Crippen LogP contribution in [0.3, 0.4) is 0 Å². The third kappa shape index (κ3) is 2.96. The van der Waals surface area contributed by atoms with Crippen molar-refractivity contribution in [3.8, 4) is 0 Å². The number of piperidine rings is 1. The molecular weight excluding hydrogens is 230 g/mol. The highest BCUT2D eigenvalue weighted by Gasteiger charge is 2.26. The summed E-state index contributed by atoms with van der Waals surface area (Å²) in [5.41, 5.74) is 9.03. The molecule has 18 heavy (non-hydrogen) atoms. The van der Waals surface area contributed by atoms with Crippen molar-refractivity contribution in [1.82, 2.24) is 9.88 Å². The smallest absolute Gasteiger partial charge is 0.234 e. The van der Waals surface area contributed by atoms with Crippen LogP contribution in [0.2, 0.25) is 0 Å². The summed E-state index contributed by atoms with van der Waals surface area (Å²) in [4.78, 5) is 17.6. The van der Waals surface area contributed by atoms with Crippen molar-refractivity contribution >= 4 is 11.7 Å². The van der Waals surface area contributed by atoms with E-state index in [0.29, 0.717) is 12.4 Å². The summed E-state index contributed by atoms with van der Waals surface area (Å²) in [5.74, 6) is 5.72. The molecule has 1 aliphatic rings. The van der Waals surface area contributed by atoms with Crippen molar-refractivity contribution in [2.75, 3.05) is 12.0 Å². The normalized spacial score (nSPS) is 20.6. The van der Waals surface area contributed by atoms with Crippen LogP contribution < -0.4 is 17.0 Å². The van der Waals surface area contributed by atoms with Crippen LogP contribution in [0, 0.1) is 0 Å². The van der Waals surface area contributed by atoms with Crippen LogP contribution in [-0.2, 0) is 11.3 Å². The number of amides is 1.